The van der Waals surface area contributed by atoms with Crippen molar-refractivity contribution in [1.82, 2.24) is 4.90 Å². The molecule has 2 aliphatic rings. The molecule has 1 aromatic heterocycles. The maximum Gasteiger partial charge on any atom is 0.338 e. The van der Waals surface area contributed by atoms with Crippen LogP contribution in [0.1, 0.15) is 48.9 Å². The van der Waals surface area contributed by atoms with E-state index in [1.54, 1.807) is 5.38 Å². The van der Waals surface area contributed by atoms with Crippen LogP contribution < -0.4 is 5.32 Å². The Kier molecular flexibility index (Phi) is 4.14. The molecule has 2 N–H and O–H groups in total. The number of hydrogen-bond donors (Lipinski definition) is 2. The van der Waals surface area contributed by atoms with E-state index in [4.69, 9.17) is 5.11 Å². The second-order valence-electron chi connectivity index (χ2n) is 5.85. The number of rotatable bonds is 3. The topological polar surface area (TPSA) is 69.6 Å². The number of nitrogens with zero attached hydrogens (tertiary/aromatic N) is 1. The summed E-state index contributed by atoms with van der Waals surface area (Å²) in [5.74, 6) is -0.374. The molecule has 0 spiro atoms. The second-order valence-corrected chi connectivity index (χ2v) is 6.76. The fourth-order valence-electron chi connectivity index (χ4n) is 3.62. The highest BCUT2D eigenvalue weighted by atomic mass is 32.1. The van der Waals surface area contributed by atoms with E-state index in [0.29, 0.717) is 17.0 Å². The van der Waals surface area contributed by atoms with Gasteiger partial charge in [0.25, 0.3) is 0 Å². The molecule has 2 fully saturated rings. The van der Waals surface area contributed by atoms with Gasteiger partial charge in [0.15, 0.2) is 0 Å². The summed E-state index contributed by atoms with van der Waals surface area (Å²) >= 11 is 1.26. The summed E-state index contributed by atoms with van der Waals surface area (Å²) in [7, 11) is 0. The van der Waals surface area contributed by atoms with Gasteiger partial charge in [-0.25, -0.2) is 9.59 Å². The van der Waals surface area contributed by atoms with Gasteiger partial charge >= 0.3 is 12.0 Å². The smallest absolute Gasteiger partial charge is 0.338 e. The molecular weight excluding hydrogens is 288 g/mol. The molecule has 6 heteroatoms. The maximum atomic E-state index is 12.5. The normalized spacial score (nSPS) is 22.7. The second kappa shape index (κ2) is 6.05. The van der Waals surface area contributed by atoms with Crippen LogP contribution in [0.25, 0.3) is 0 Å². The zero-order chi connectivity index (χ0) is 14.8. The molecule has 0 radical (unpaired) electrons. The molecule has 114 valence electrons. The molecule has 5 nitrogen and oxygen atoms in total. The van der Waals surface area contributed by atoms with Gasteiger partial charge in [0, 0.05) is 12.6 Å². The lowest BCUT2D eigenvalue weighted by molar-refractivity contribution is 0.0698. The van der Waals surface area contributed by atoms with Crippen molar-refractivity contribution < 1.29 is 14.7 Å². The van der Waals surface area contributed by atoms with E-state index < -0.39 is 5.97 Å². The Morgan fingerprint density at radius 2 is 2.00 bits per heavy atom. The number of urea groups is 1. The summed E-state index contributed by atoms with van der Waals surface area (Å²) < 4.78 is 0. The molecule has 0 aromatic carbocycles. The van der Waals surface area contributed by atoms with Crippen LogP contribution >= 0.6 is 11.3 Å². The van der Waals surface area contributed by atoms with Gasteiger partial charge in [-0.05, 0) is 43.0 Å². The first kappa shape index (κ1) is 14.4. The number of amides is 2. The molecule has 1 aliphatic heterocycles. The summed E-state index contributed by atoms with van der Waals surface area (Å²) in [6, 6.07) is 1.72. The number of carbonyl (C=O) groups is 2. The Bertz CT molecular complexity index is 537. The van der Waals surface area contributed by atoms with Gasteiger partial charge in [-0.2, -0.15) is 0 Å². The van der Waals surface area contributed by atoms with Crippen LogP contribution in [0.3, 0.4) is 0 Å². The van der Waals surface area contributed by atoms with Crippen LogP contribution in [-0.2, 0) is 0 Å². The highest BCUT2D eigenvalue weighted by Crippen LogP contribution is 2.36. The van der Waals surface area contributed by atoms with Crippen LogP contribution in [0.2, 0.25) is 0 Å². The third kappa shape index (κ3) is 2.90. The first-order valence-corrected chi connectivity index (χ1v) is 8.43. The average molecular weight is 308 g/mol. The molecular formula is C15H20N2O3S. The lowest BCUT2D eigenvalue weighted by Crippen LogP contribution is -2.42. The summed E-state index contributed by atoms with van der Waals surface area (Å²) in [5, 5.41) is 14.0. The largest absolute Gasteiger partial charge is 0.478 e. The van der Waals surface area contributed by atoms with Gasteiger partial charge in [-0.15, -0.1) is 11.3 Å². The Hall–Kier alpha value is -1.56. The van der Waals surface area contributed by atoms with Gasteiger partial charge in [-0.1, -0.05) is 12.8 Å². The number of hydrogen-bond acceptors (Lipinski definition) is 3. The lowest BCUT2D eigenvalue weighted by Gasteiger charge is -2.29. The van der Waals surface area contributed by atoms with E-state index in [0.717, 1.165) is 19.4 Å². The van der Waals surface area contributed by atoms with Gasteiger partial charge in [0.2, 0.25) is 0 Å². The van der Waals surface area contributed by atoms with Gasteiger partial charge < -0.3 is 10.0 Å². The number of aromatic carboxylic acids is 1. The van der Waals surface area contributed by atoms with E-state index in [1.807, 2.05) is 4.90 Å². The van der Waals surface area contributed by atoms with Gasteiger partial charge in [-0.3, -0.25) is 5.32 Å². The third-order valence-electron chi connectivity index (χ3n) is 4.62. The number of carboxylic acids is 1. The highest BCUT2D eigenvalue weighted by molar-refractivity contribution is 7.14. The van der Waals surface area contributed by atoms with E-state index in [2.05, 4.69) is 5.32 Å². The van der Waals surface area contributed by atoms with Crippen molar-refractivity contribution in [1.29, 1.82) is 0 Å². The van der Waals surface area contributed by atoms with Crippen LogP contribution in [0.15, 0.2) is 11.4 Å². The van der Waals surface area contributed by atoms with E-state index in [9.17, 15) is 9.59 Å². The van der Waals surface area contributed by atoms with Crippen LogP contribution in [0, 0.1) is 5.92 Å². The number of nitrogens with one attached hydrogen (secondary N) is 1. The minimum absolute atomic E-state index is 0.144. The fraction of sp³-hybridized carbons (Fsp3) is 0.600. The molecule has 1 aromatic rings. The van der Waals surface area contributed by atoms with Gasteiger partial charge in [0.1, 0.15) is 5.00 Å². The predicted octanol–water partition coefficient (Wildman–Crippen LogP) is 3.63. The number of likely N-dealkylation sites (tertiary alicyclic amines) is 1. The molecule has 2 amide bonds. The predicted molar refractivity (Wildman–Crippen MR) is 82.0 cm³/mol. The van der Waals surface area contributed by atoms with Crippen molar-refractivity contribution in [2.24, 2.45) is 5.92 Å². The zero-order valence-electron chi connectivity index (χ0n) is 11.9. The van der Waals surface area contributed by atoms with E-state index >= 15 is 0 Å². The van der Waals surface area contributed by atoms with Gasteiger partial charge in [0.05, 0.1) is 5.56 Å². The Morgan fingerprint density at radius 3 is 2.71 bits per heavy atom. The quantitative estimate of drug-likeness (QED) is 0.895. The van der Waals surface area contributed by atoms with Crippen molar-refractivity contribution in [3.63, 3.8) is 0 Å². The van der Waals surface area contributed by atoms with Crippen LogP contribution in [-0.4, -0.2) is 34.6 Å². The minimum atomic E-state index is -1.000. The lowest BCUT2D eigenvalue weighted by atomic mass is 9.96. The minimum Gasteiger partial charge on any atom is -0.478 e. The number of anilines is 1. The van der Waals surface area contributed by atoms with Crippen molar-refractivity contribution in [2.75, 3.05) is 11.9 Å². The standard InChI is InChI=1S/C15H20N2O3S/c18-14(19)11-7-9-21-13(11)16-15(20)17-8-3-6-12(17)10-4-1-2-5-10/h7,9-10,12H,1-6,8H2,(H,16,20)(H,18,19). The first-order chi connectivity index (χ1) is 10.2. The number of thiophene rings is 1. The fourth-order valence-corrected chi connectivity index (χ4v) is 4.39. The summed E-state index contributed by atoms with van der Waals surface area (Å²) in [4.78, 5) is 25.5. The van der Waals surface area contributed by atoms with E-state index in [1.165, 1.54) is 43.1 Å². The van der Waals surface area contributed by atoms with E-state index in [-0.39, 0.29) is 11.6 Å². The maximum absolute atomic E-state index is 12.5. The van der Waals surface area contributed by atoms with Crippen molar-refractivity contribution in [3.8, 4) is 0 Å². The first-order valence-electron chi connectivity index (χ1n) is 7.55. The summed E-state index contributed by atoms with van der Waals surface area (Å²) in [6.07, 6.45) is 7.09. The molecule has 0 bridgehead atoms. The SMILES string of the molecule is O=C(O)c1ccsc1NC(=O)N1CCCC1C1CCCC1. The summed E-state index contributed by atoms with van der Waals surface area (Å²) in [5.41, 5.74) is 0.171. The molecule has 21 heavy (non-hydrogen) atoms. The highest BCUT2D eigenvalue weighted by Gasteiger charge is 2.36. The molecule has 2 heterocycles. The molecule has 1 unspecified atom stereocenters. The van der Waals surface area contributed by atoms with Crippen molar-refractivity contribution in [2.45, 2.75) is 44.6 Å². The monoisotopic (exact) mass is 308 g/mol. The number of carboxylic acid groups (broad SMARTS) is 1. The third-order valence-corrected chi connectivity index (χ3v) is 5.45. The van der Waals surface area contributed by atoms with Crippen molar-refractivity contribution in [3.05, 3.63) is 17.0 Å². The Balaban J connectivity index is 1.69. The molecule has 3 rings (SSSR count). The molecule has 1 saturated carbocycles. The van der Waals surface area contributed by atoms with Crippen LogP contribution in [0.5, 0.6) is 0 Å². The average Bonchev–Trinajstić information content (AvgIpc) is 3.19. The molecule has 1 saturated heterocycles. The van der Waals surface area contributed by atoms with Crippen LogP contribution in [0.4, 0.5) is 9.80 Å². The van der Waals surface area contributed by atoms with Crippen molar-refractivity contribution >= 4 is 28.3 Å². The Labute approximate surface area is 128 Å². The molecule has 1 aliphatic carbocycles. The number of carbonyl (C=O) groups excluding carboxylic acids is 1. The zero-order valence-corrected chi connectivity index (χ0v) is 12.7. The Morgan fingerprint density at radius 1 is 1.24 bits per heavy atom. The summed E-state index contributed by atoms with van der Waals surface area (Å²) in [6.45, 7) is 0.779. The molecule has 1 atom stereocenters.